The van der Waals surface area contributed by atoms with Crippen molar-refractivity contribution in [2.24, 2.45) is 0 Å². The number of rotatable bonds is 4. The number of aromatic nitrogens is 2. The van der Waals surface area contributed by atoms with Crippen molar-refractivity contribution >= 4 is 39.3 Å². The minimum Gasteiger partial charge on any atom is -0.481 e. The highest BCUT2D eigenvalue weighted by Crippen LogP contribution is 2.40. The molecule has 1 aliphatic rings. The van der Waals surface area contributed by atoms with Gasteiger partial charge in [-0.3, -0.25) is 14.2 Å². The molecule has 0 atom stereocenters. The first-order chi connectivity index (χ1) is 9.51. The zero-order valence-electron chi connectivity index (χ0n) is 11.0. The number of thiophene rings is 1. The van der Waals surface area contributed by atoms with Gasteiger partial charge in [0.15, 0.2) is 5.16 Å². The summed E-state index contributed by atoms with van der Waals surface area (Å²) in [7, 11) is 0. The Bertz CT molecular complexity index is 731. The minimum absolute atomic E-state index is 0.0416. The van der Waals surface area contributed by atoms with Crippen LogP contribution in [0.5, 0.6) is 0 Å². The van der Waals surface area contributed by atoms with E-state index in [2.05, 4.69) is 4.98 Å². The molecule has 0 aliphatic heterocycles. The normalized spacial score (nSPS) is 17.1. The Morgan fingerprint density at radius 3 is 2.95 bits per heavy atom. The average molecular weight is 310 g/mol. The number of carboxylic acid groups (broad SMARTS) is 1. The molecule has 0 aromatic carbocycles. The molecule has 0 bridgehead atoms. The fraction of sp³-hybridized carbons (Fsp3) is 0.462. The molecule has 2 aromatic rings. The minimum atomic E-state index is -0.903. The van der Waals surface area contributed by atoms with Crippen molar-refractivity contribution in [3.63, 3.8) is 0 Å². The zero-order chi connectivity index (χ0) is 14.3. The summed E-state index contributed by atoms with van der Waals surface area (Å²) < 4.78 is 2.36. The lowest BCUT2D eigenvalue weighted by Crippen LogP contribution is -2.45. The Kier molecular flexibility index (Phi) is 3.33. The van der Waals surface area contributed by atoms with Gasteiger partial charge in [-0.15, -0.1) is 11.3 Å². The second kappa shape index (κ2) is 4.89. The summed E-state index contributed by atoms with van der Waals surface area (Å²) in [6.45, 7) is 2.05. The van der Waals surface area contributed by atoms with Gasteiger partial charge in [-0.2, -0.15) is 0 Å². The summed E-state index contributed by atoms with van der Waals surface area (Å²) in [6.07, 6.45) is 2.96. The molecule has 3 rings (SSSR count). The molecule has 0 spiro atoms. The van der Waals surface area contributed by atoms with Crippen molar-refractivity contribution in [2.45, 2.75) is 36.9 Å². The highest BCUT2D eigenvalue weighted by molar-refractivity contribution is 7.99. The van der Waals surface area contributed by atoms with Gasteiger partial charge in [0.25, 0.3) is 5.56 Å². The van der Waals surface area contributed by atoms with E-state index in [9.17, 15) is 9.59 Å². The topological polar surface area (TPSA) is 72.2 Å². The van der Waals surface area contributed by atoms with E-state index in [-0.39, 0.29) is 16.9 Å². The van der Waals surface area contributed by atoms with Crippen molar-refractivity contribution in [1.82, 2.24) is 9.55 Å². The highest BCUT2D eigenvalue weighted by atomic mass is 32.2. The predicted molar refractivity (Wildman–Crippen MR) is 79.7 cm³/mol. The van der Waals surface area contributed by atoms with Crippen molar-refractivity contribution in [3.8, 4) is 0 Å². The van der Waals surface area contributed by atoms with Gasteiger partial charge in [0.1, 0.15) is 4.70 Å². The lowest BCUT2D eigenvalue weighted by atomic mass is 9.78. The van der Waals surface area contributed by atoms with Crippen LogP contribution in [0.1, 0.15) is 26.2 Å². The number of hydrogen-bond donors (Lipinski definition) is 1. The molecular weight excluding hydrogens is 296 g/mol. The third kappa shape index (κ3) is 2.14. The van der Waals surface area contributed by atoms with Crippen LogP contribution in [0.3, 0.4) is 0 Å². The number of fused-ring (bicyclic) bond motifs is 1. The molecule has 0 radical (unpaired) electrons. The SMILES string of the molecule is CC1(n2c(SCC(=O)O)nc3ccsc3c2=O)CCC1. The van der Waals surface area contributed by atoms with Gasteiger partial charge in [-0.05, 0) is 37.6 Å². The van der Waals surface area contributed by atoms with Crippen LogP contribution in [0.25, 0.3) is 10.2 Å². The van der Waals surface area contributed by atoms with Gasteiger partial charge >= 0.3 is 5.97 Å². The van der Waals surface area contributed by atoms with Gasteiger partial charge in [0, 0.05) is 5.54 Å². The molecule has 0 amide bonds. The fourth-order valence-electron chi connectivity index (χ4n) is 2.50. The standard InChI is InChI=1S/C13H14N2O3S2/c1-13(4-2-5-13)15-11(18)10-8(3-6-19-10)14-12(15)20-7-9(16)17/h3,6H,2,4-5,7H2,1H3,(H,16,17). The van der Waals surface area contributed by atoms with Crippen molar-refractivity contribution in [3.05, 3.63) is 21.8 Å². The molecule has 0 unspecified atom stereocenters. The van der Waals surface area contributed by atoms with E-state index in [0.29, 0.717) is 15.4 Å². The van der Waals surface area contributed by atoms with Crippen LogP contribution >= 0.6 is 23.1 Å². The van der Waals surface area contributed by atoms with E-state index in [4.69, 9.17) is 5.11 Å². The van der Waals surface area contributed by atoms with Crippen LogP contribution in [0.15, 0.2) is 21.4 Å². The van der Waals surface area contributed by atoms with Gasteiger partial charge in [-0.1, -0.05) is 11.8 Å². The number of nitrogens with zero attached hydrogens (tertiary/aromatic N) is 2. The monoisotopic (exact) mass is 310 g/mol. The molecule has 2 aromatic heterocycles. The Hall–Kier alpha value is -1.34. The molecule has 1 N–H and O–H groups in total. The summed E-state index contributed by atoms with van der Waals surface area (Å²) >= 11 is 2.51. The van der Waals surface area contributed by atoms with Crippen molar-refractivity contribution in [2.75, 3.05) is 5.75 Å². The number of carboxylic acids is 1. The number of carbonyl (C=O) groups is 1. The molecule has 0 saturated heterocycles. The third-order valence-corrected chi connectivity index (χ3v) is 5.56. The molecule has 106 valence electrons. The van der Waals surface area contributed by atoms with Crippen LogP contribution in [-0.4, -0.2) is 26.4 Å². The predicted octanol–water partition coefficient (Wildman–Crippen LogP) is 2.53. The zero-order valence-corrected chi connectivity index (χ0v) is 12.6. The number of aliphatic carboxylic acids is 1. The summed E-state index contributed by atoms with van der Waals surface area (Å²) in [5, 5.41) is 11.2. The van der Waals surface area contributed by atoms with E-state index in [1.165, 1.54) is 11.3 Å². The molecule has 7 heteroatoms. The maximum absolute atomic E-state index is 12.7. The van der Waals surface area contributed by atoms with Gasteiger partial charge in [-0.25, -0.2) is 4.98 Å². The first-order valence-corrected chi connectivity index (χ1v) is 8.23. The van der Waals surface area contributed by atoms with Crippen LogP contribution in [0.2, 0.25) is 0 Å². The fourth-order valence-corrected chi connectivity index (χ4v) is 4.11. The largest absolute Gasteiger partial charge is 0.481 e. The summed E-state index contributed by atoms with van der Waals surface area (Å²) in [5.74, 6) is -0.988. The van der Waals surface area contributed by atoms with E-state index >= 15 is 0 Å². The molecule has 1 saturated carbocycles. The first kappa shape index (κ1) is 13.6. The Morgan fingerprint density at radius 2 is 2.35 bits per heavy atom. The number of hydrogen-bond acceptors (Lipinski definition) is 5. The van der Waals surface area contributed by atoms with Crippen molar-refractivity contribution in [1.29, 1.82) is 0 Å². The van der Waals surface area contributed by atoms with Gasteiger partial charge in [0.05, 0.1) is 11.3 Å². The van der Waals surface area contributed by atoms with Crippen molar-refractivity contribution < 1.29 is 9.90 Å². The van der Waals surface area contributed by atoms with Crippen LogP contribution in [-0.2, 0) is 10.3 Å². The Labute approximate surface area is 123 Å². The van der Waals surface area contributed by atoms with Crippen LogP contribution in [0, 0.1) is 0 Å². The highest BCUT2D eigenvalue weighted by Gasteiger charge is 2.37. The van der Waals surface area contributed by atoms with Crippen LogP contribution < -0.4 is 5.56 Å². The smallest absolute Gasteiger partial charge is 0.313 e. The lowest BCUT2D eigenvalue weighted by molar-refractivity contribution is -0.133. The second-order valence-corrected chi connectivity index (χ2v) is 7.06. The summed E-state index contributed by atoms with van der Waals surface area (Å²) in [6, 6.07) is 1.81. The third-order valence-electron chi connectivity index (χ3n) is 3.74. The molecular formula is C13H14N2O3S2. The van der Waals surface area contributed by atoms with E-state index in [1.54, 1.807) is 10.6 Å². The molecule has 5 nitrogen and oxygen atoms in total. The average Bonchev–Trinajstić information content (AvgIpc) is 2.82. The van der Waals surface area contributed by atoms with Gasteiger partial charge < -0.3 is 5.11 Å². The van der Waals surface area contributed by atoms with E-state index < -0.39 is 5.97 Å². The summed E-state index contributed by atoms with van der Waals surface area (Å²) in [5.41, 5.74) is 0.399. The first-order valence-electron chi connectivity index (χ1n) is 6.37. The lowest BCUT2D eigenvalue weighted by Gasteiger charge is -2.40. The Morgan fingerprint density at radius 1 is 1.60 bits per heavy atom. The maximum Gasteiger partial charge on any atom is 0.313 e. The number of thioether (sulfide) groups is 1. The molecule has 1 fully saturated rings. The van der Waals surface area contributed by atoms with E-state index in [1.807, 2.05) is 12.3 Å². The summed E-state index contributed by atoms with van der Waals surface area (Å²) in [4.78, 5) is 27.9. The van der Waals surface area contributed by atoms with Crippen LogP contribution in [0.4, 0.5) is 0 Å². The maximum atomic E-state index is 12.7. The Balaban J connectivity index is 2.16. The molecule has 20 heavy (non-hydrogen) atoms. The quantitative estimate of drug-likeness (QED) is 0.694. The molecule has 2 heterocycles. The van der Waals surface area contributed by atoms with E-state index in [0.717, 1.165) is 31.0 Å². The second-order valence-electron chi connectivity index (χ2n) is 5.20. The molecule has 1 aliphatic carbocycles. The van der Waals surface area contributed by atoms with Gasteiger partial charge in [0.2, 0.25) is 0 Å².